The third kappa shape index (κ3) is 4.02. The Morgan fingerprint density at radius 1 is 1.35 bits per heavy atom. The Balaban J connectivity index is 1.76. The Kier molecular flexibility index (Phi) is 5.09. The van der Waals surface area contributed by atoms with Crippen molar-refractivity contribution in [2.75, 3.05) is 33.4 Å². The van der Waals surface area contributed by atoms with E-state index in [0.717, 1.165) is 18.4 Å². The van der Waals surface area contributed by atoms with Crippen molar-refractivity contribution >= 4 is 5.91 Å². The van der Waals surface area contributed by atoms with Gasteiger partial charge in [-0.2, -0.15) is 0 Å². The Morgan fingerprint density at radius 2 is 2.05 bits per heavy atom. The third-order valence-corrected chi connectivity index (χ3v) is 3.70. The van der Waals surface area contributed by atoms with E-state index in [-0.39, 0.29) is 17.1 Å². The van der Waals surface area contributed by atoms with Crippen molar-refractivity contribution in [3.8, 4) is 0 Å². The van der Waals surface area contributed by atoms with Gasteiger partial charge in [-0.3, -0.25) is 4.79 Å². The number of amides is 1. The largest absolute Gasteiger partial charge is 0.383 e. The summed E-state index contributed by atoms with van der Waals surface area (Å²) >= 11 is 0. The number of ether oxygens (including phenoxy) is 1. The number of hydrogen-bond acceptors (Lipinski definition) is 3. The van der Waals surface area contributed by atoms with E-state index in [1.807, 2.05) is 12.1 Å². The summed E-state index contributed by atoms with van der Waals surface area (Å²) < 4.78 is 17.8. The highest BCUT2D eigenvalue weighted by molar-refractivity contribution is 5.78. The molecule has 0 aromatic heterocycles. The van der Waals surface area contributed by atoms with Crippen LogP contribution < -0.4 is 10.6 Å². The van der Waals surface area contributed by atoms with Crippen molar-refractivity contribution in [3.63, 3.8) is 0 Å². The van der Waals surface area contributed by atoms with Crippen molar-refractivity contribution < 1.29 is 13.9 Å². The van der Waals surface area contributed by atoms with Crippen LogP contribution in [-0.2, 0) is 14.9 Å². The first-order valence-electron chi connectivity index (χ1n) is 6.89. The van der Waals surface area contributed by atoms with Gasteiger partial charge in [-0.15, -0.1) is 0 Å². The zero-order chi connectivity index (χ0) is 14.4. The average Bonchev–Trinajstić information content (AvgIpc) is 3.23. The molecule has 1 saturated carbocycles. The molecular formula is C15H21FN2O2. The number of halogens is 1. The molecule has 1 amide bonds. The second-order valence-corrected chi connectivity index (χ2v) is 5.23. The first-order chi connectivity index (χ1) is 9.66. The summed E-state index contributed by atoms with van der Waals surface area (Å²) in [5, 5.41) is 5.94. The van der Waals surface area contributed by atoms with Crippen molar-refractivity contribution in [2.24, 2.45) is 0 Å². The molecule has 1 aliphatic carbocycles. The highest BCUT2D eigenvalue weighted by Crippen LogP contribution is 2.47. The molecule has 0 heterocycles. The van der Waals surface area contributed by atoms with E-state index in [1.165, 1.54) is 12.1 Å². The van der Waals surface area contributed by atoms with Gasteiger partial charge in [0.15, 0.2) is 0 Å². The molecule has 2 N–H and O–H groups in total. The second kappa shape index (κ2) is 6.81. The maximum absolute atomic E-state index is 12.9. The molecule has 0 spiro atoms. The van der Waals surface area contributed by atoms with Gasteiger partial charge in [0.25, 0.3) is 0 Å². The molecule has 0 bridgehead atoms. The van der Waals surface area contributed by atoms with E-state index >= 15 is 0 Å². The standard InChI is InChI=1S/C15H21FN2O2/c1-20-9-8-17-10-14(19)18-11-15(6-7-15)12-2-4-13(16)5-3-12/h2-5,17H,6-11H2,1H3,(H,18,19). The van der Waals surface area contributed by atoms with Crippen LogP contribution in [0.25, 0.3) is 0 Å². The molecule has 20 heavy (non-hydrogen) atoms. The van der Waals surface area contributed by atoms with Crippen LogP contribution in [-0.4, -0.2) is 39.3 Å². The molecule has 1 fully saturated rings. The van der Waals surface area contributed by atoms with E-state index in [9.17, 15) is 9.18 Å². The fourth-order valence-corrected chi connectivity index (χ4v) is 2.23. The summed E-state index contributed by atoms with van der Waals surface area (Å²) in [6.07, 6.45) is 2.08. The lowest BCUT2D eigenvalue weighted by molar-refractivity contribution is -0.120. The zero-order valence-corrected chi connectivity index (χ0v) is 11.7. The minimum Gasteiger partial charge on any atom is -0.383 e. The number of methoxy groups -OCH3 is 1. The molecule has 0 radical (unpaired) electrons. The lowest BCUT2D eigenvalue weighted by Gasteiger charge is -2.16. The van der Waals surface area contributed by atoms with E-state index < -0.39 is 0 Å². The van der Waals surface area contributed by atoms with Gasteiger partial charge >= 0.3 is 0 Å². The van der Waals surface area contributed by atoms with Crippen LogP contribution in [0.1, 0.15) is 18.4 Å². The number of hydrogen-bond donors (Lipinski definition) is 2. The van der Waals surface area contributed by atoms with E-state index in [1.54, 1.807) is 7.11 Å². The van der Waals surface area contributed by atoms with E-state index in [0.29, 0.717) is 26.2 Å². The number of nitrogens with one attached hydrogen (secondary N) is 2. The molecule has 1 aromatic carbocycles. The van der Waals surface area contributed by atoms with Crippen molar-refractivity contribution in [1.82, 2.24) is 10.6 Å². The normalized spacial score (nSPS) is 15.9. The van der Waals surface area contributed by atoms with Gasteiger partial charge in [0.2, 0.25) is 5.91 Å². The lowest BCUT2D eigenvalue weighted by atomic mass is 9.96. The zero-order valence-electron chi connectivity index (χ0n) is 11.7. The number of rotatable bonds is 8. The first-order valence-corrected chi connectivity index (χ1v) is 6.89. The Morgan fingerprint density at radius 3 is 2.65 bits per heavy atom. The van der Waals surface area contributed by atoms with Gasteiger partial charge in [0.1, 0.15) is 5.82 Å². The van der Waals surface area contributed by atoms with E-state index in [2.05, 4.69) is 10.6 Å². The second-order valence-electron chi connectivity index (χ2n) is 5.23. The molecule has 0 saturated heterocycles. The minimum atomic E-state index is -0.226. The van der Waals surface area contributed by atoms with Crippen LogP contribution in [0.3, 0.4) is 0 Å². The first kappa shape index (κ1) is 14.9. The SMILES string of the molecule is COCCNCC(=O)NCC1(c2ccc(F)cc2)CC1. The highest BCUT2D eigenvalue weighted by atomic mass is 19.1. The van der Waals surface area contributed by atoms with Gasteiger partial charge in [-0.05, 0) is 30.5 Å². The number of carbonyl (C=O) groups excluding carboxylic acids is 1. The molecule has 0 atom stereocenters. The number of carbonyl (C=O) groups is 1. The van der Waals surface area contributed by atoms with Crippen LogP contribution in [0.5, 0.6) is 0 Å². The summed E-state index contributed by atoms with van der Waals surface area (Å²) in [5.41, 5.74) is 1.11. The van der Waals surface area contributed by atoms with E-state index in [4.69, 9.17) is 4.74 Å². The number of benzene rings is 1. The topological polar surface area (TPSA) is 50.4 Å². The Hall–Kier alpha value is -1.46. The van der Waals surface area contributed by atoms with Crippen LogP contribution in [0, 0.1) is 5.82 Å². The smallest absolute Gasteiger partial charge is 0.233 e. The molecule has 2 rings (SSSR count). The van der Waals surface area contributed by atoms with Crippen molar-refractivity contribution in [1.29, 1.82) is 0 Å². The summed E-state index contributed by atoms with van der Waals surface area (Å²) in [7, 11) is 1.63. The molecule has 1 aliphatic rings. The molecule has 0 aliphatic heterocycles. The summed E-state index contributed by atoms with van der Waals surface area (Å²) in [6, 6.07) is 6.57. The summed E-state index contributed by atoms with van der Waals surface area (Å²) in [4.78, 5) is 11.7. The third-order valence-electron chi connectivity index (χ3n) is 3.70. The minimum absolute atomic E-state index is 0.00981. The maximum atomic E-state index is 12.9. The predicted octanol–water partition coefficient (Wildman–Crippen LogP) is 1.21. The molecular weight excluding hydrogens is 259 g/mol. The molecule has 4 nitrogen and oxygen atoms in total. The molecule has 1 aromatic rings. The predicted molar refractivity (Wildman–Crippen MR) is 75.1 cm³/mol. The van der Waals surface area contributed by atoms with Crippen LogP contribution in [0.4, 0.5) is 4.39 Å². The average molecular weight is 280 g/mol. The van der Waals surface area contributed by atoms with Gasteiger partial charge in [-0.25, -0.2) is 4.39 Å². The molecule has 0 unspecified atom stereocenters. The monoisotopic (exact) mass is 280 g/mol. The van der Waals surface area contributed by atoms with Crippen LogP contribution in [0.2, 0.25) is 0 Å². The van der Waals surface area contributed by atoms with Gasteiger partial charge < -0.3 is 15.4 Å². The highest BCUT2D eigenvalue weighted by Gasteiger charge is 2.44. The maximum Gasteiger partial charge on any atom is 0.233 e. The van der Waals surface area contributed by atoms with Crippen molar-refractivity contribution in [2.45, 2.75) is 18.3 Å². The van der Waals surface area contributed by atoms with Crippen LogP contribution >= 0.6 is 0 Å². The lowest BCUT2D eigenvalue weighted by Crippen LogP contribution is -2.39. The van der Waals surface area contributed by atoms with Crippen LogP contribution in [0.15, 0.2) is 24.3 Å². The Bertz CT molecular complexity index is 444. The summed E-state index contributed by atoms with van der Waals surface area (Å²) in [6.45, 7) is 2.16. The Labute approximate surface area is 118 Å². The fourth-order valence-electron chi connectivity index (χ4n) is 2.23. The fraction of sp³-hybridized carbons (Fsp3) is 0.533. The van der Waals surface area contributed by atoms with Gasteiger partial charge in [0.05, 0.1) is 13.2 Å². The van der Waals surface area contributed by atoms with Crippen molar-refractivity contribution in [3.05, 3.63) is 35.6 Å². The molecule has 5 heteroatoms. The summed E-state index contributed by atoms with van der Waals surface area (Å²) in [5.74, 6) is -0.245. The van der Waals surface area contributed by atoms with Gasteiger partial charge in [0, 0.05) is 25.6 Å². The molecule has 110 valence electrons. The quantitative estimate of drug-likeness (QED) is 0.704. The van der Waals surface area contributed by atoms with Gasteiger partial charge in [-0.1, -0.05) is 12.1 Å².